The Morgan fingerprint density at radius 3 is 3.00 bits per heavy atom. The van der Waals surface area contributed by atoms with E-state index < -0.39 is 0 Å². The van der Waals surface area contributed by atoms with E-state index in [2.05, 4.69) is 0 Å². The molecule has 0 atom stereocenters. The van der Waals surface area contributed by atoms with Gasteiger partial charge in [0, 0.05) is 0 Å². The predicted octanol–water partition coefficient (Wildman–Crippen LogP) is 2.06. The first-order chi connectivity index (χ1) is 3.89. The van der Waals surface area contributed by atoms with Crippen molar-refractivity contribution in [1.82, 2.24) is 0 Å². The summed E-state index contributed by atoms with van der Waals surface area (Å²) in [7, 11) is 0. The Balaban J connectivity index is 2.69. The van der Waals surface area contributed by atoms with E-state index in [1.807, 2.05) is 24.3 Å². The second kappa shape index (κ2) is 2.40. The van der Waals surface area contributed by atoms with Crippen molar-refractivity contribution in [1.29, 1.82) is 0 Å². The Labute approximate surface area is 45.3 Å². The number of rotatable bonds is 0. The van der Waals surface area contributed by atoms with Gasteiger partial charge < -0.3 is 0 Å². The molecule has 0 unspecified atom stereocenters. The standard InChI is InChI=1S/C7H8/c1-2-4-6-7-5-3-1/h1-6H,7H2/i5D. The van der Waals surface area contributed by atoms with Crippen molar-refractivity contribution in [3.8, 4) is 0 Å². The van der Waals surface area contributed by atoms with Gasteiger partial charge in [0.15, 0.2) is 0 Å². The van der Waals surface area contributed by atoms with Crippen LogP contribution in [0.25, 0.3) is 0 Å². The molecule has 0 heterocycles. The van der Waals surface area contributed by atoms with Crippen LogP contribution in [0.5, 0.6) is 0 Å². The molecule has 0 aliphatic heterocycles. The fraction of sp³-hybridized carbons (Fsp3) is 0.143. The molecule has 1 rings (SSSR count). The van der Waals surface area contributed by atoms with E-state index in [1.165, 1.54) is 0 Å². The van der Waals surface area contributed by atoms with Gasteiger partial charge in [-0.15, -0.1) is 0 Å². The van der Waals surface area contributed by atoms with Crippen molar-refractivity contribution >= 4 is 0 Å². The molecule has 0 saturated heterocycles. The van der Waals surface area contributed by atoms with Crippen LogP contribution in [0.15, 0.2) is 36.4 Å². The lowest BCUT2D eigenvalue weighted by Crippen LogP contribution is -1.48. The molecule has 0 radical (unpaired) electrons. The molecule has 0 heteroatoms. The summed E-state index contributed by atoms with van der Waals surface area (Å²) >= 11 is 0. The highest BCUT2D eigenvalue weighted by molar-refractivity contribution is 5.16. The molecule has 0 spiro atoms. The maximum Gasteiger partial charge on any atom is 0.0579 e. The third-order valence-electron chi connectivity index (χ3n) is 0.808. The molecule has 1 aliphatic rings. The third-order valence-corrected chi connectivity index (χ3v) is 0.808. The molecule has 0 nitrogen and oxygen atoms in total. The van der Waals surface area contributed by atoms with Crippen LogP contribution in [0.1, 0.15) is 7.79 Å². The van der Waals surface area contributed by atoms with E-state index >= 15 is 0 Å². The van der Waals surface area contributed by atoms with Gasteiger partial charge in [-0.1, -0.05) is 36.4 Å². The van der Waals surface area contributed by atoms with Crippen LogP contribution in [-0.2, 0) is 0 Å². The van der Waals surface area contributed by atoms with Crippen LogP contribution in [0.4, 0.5) is 0 Å². The first-order valence-corrected chi connectivity index (χ1v) is 2.38. The van der Waals surface area contributed by atoms with Crippen molar-refractivity contribution < 1.29 is 1.37 Å². The Morgan fingerprint density at radius 2 is 2.00 bits per heavy atom. The van der Waals surface area contributed by atoms with Crippen LogP contribution in [-0.4, -0.2) is 0 Å². The van der Waals surface area contributed by atoms with E-state index in [0.29, 0.717) is 6.05 Å². The van der Waals surface area contributed by atoms with E-state index in [4.69, 9.17) is 1.37 Å². The Kier molecular flexibility index (Phi) is 1.12. The lowest BCUT2D eigenvalue weighted by molar-refractivity contribution is 1.41. The first-order valence-electron chi connectivity index (χ1n) is 2.88. The average molecular weight is 93.1 g/mol. The maximum absolute atomic E-state index is 7.17. The molecule has 0 N–H and O–H groups in total. The molecular formula is C7H8. The molecule has 0 aromatic rings. The zero-order valence-corrected chi connectivity index (χ0v) is 4.09. The predicted molar refractivity (Wildman–Crippen MR) is 32.0 cm³/mol. The summed E-state index contributed by atoms with van der Waals surface area (Å²) in [6, 6.07) is 0.676. The Morgan fingerprint density at radius 1 is 1.14 bits per heavy atom. The second-order valence-electron chi connectivity index (χ2n) is 1.39. The summed E-state index contributed by atoms with van der Waals surface area (Å²) in [5.41, 5.74) is 0. The van der Waals surface area contributed by atoms with Gasteiger partial charge in [-0.3, -0.25) is 0 Å². The van der Waals surface area contributed by atoms with E-state index in [9.17, 15) is 0 Å². The molecule has 0 bridgehead atoms. The number of hydrogen-bond donors (Lipinski definition) is 0. The van der Waals surface area contributed by atoms with Crippen molar-refractivity contribution in [2.24, 2.45) is 0 Å². The van der Waals surface area contributed by atoms with Crippen molar-refractivity contribution in [2.45, 2.75) is 6.42 Å². The second-order valence-corrected chi connectivity index (χ2v) is 1.39. The third kappa shape index (κ3) is 1.40. The first kappa shape index (κ1) is 3.25. The highest BCUT2D eigenvalue weighted by atomic mass is 13.8. The van der Waals surface area contributed by atoms with Crippen LogP contribution in [0.2, 0.25) is 0 Å². The normalized spacial score (nSPS) is 20.6. The van der Waals surface area contributed by atoms with Gasteiger partial charge in [-0.2, -0.15) is 0 Å². The lowest BCUT2D eigenvalue weighted by atomic mass is 10.4. The molecule has 1 aliphatic carbocycles. The molecule has 0 aromatic carbocycles. The fourth-order valence-electron chi connectivity index (χ4n) is 0.470. The monoisotopic (exact) mass is 93.1 g/mol. The van der Waals surface area contributed by atoms with E-state index in [-0.39, 0.29) is 0 Å². The van der Waals surface area contributed by atoms with E-state index in [1.54, 1.807) is 6.08 Å². The topological polar surface area (TPSA) is 0 Å². The van der Waals surface area contributed by atoms with Gasteiger partial charge in [-0.05, 0) is 6.42 Å². The summed E-state index contributed by atoms with van der Waals surface area (Å²) in [5.74, 6) is 0. The van der Waals surface area contributed by atoms with Gasteiger partial charge in [-0.25, -0.2) is 0 Å². The quantitative estimate of drug-likeness (QED) is 0.430. The highest BCUT2D eigenvalue weighted by Crippen LogP contribution is 1.91. The summed E-state index contributed by atoms with van der Waals surface area (Å²) in [6.07, 6.45) is 10.3. The maximum atomic E-state index is 7.17. The Bertz CT molecular complexity index is 152. The smallest absolute Gasteiger partial charge is 0.0579 e. The van der Waals surface area contributed by atoms with Crippen LogP contribution < -0.4 is 0 Å². The molecular weight excluding hydrogens is 84.1 g/mol. The van der Waals surface area contributed by atoms with Crippen molar-refractivity contribution in [2.75, 3.05) is 0 Å². The minimum atomic E-state index is 0.676. The van der Waals surface area contributed by atoms with Crippen molar-refractivity contribution in [3.05, 3.63) is 36.4 Å². The molecule has 0 saturated carbocycles. The minimum absolute atomic E-state index is 0.676. The van der Waals surface area contributed by atoms with Gasteiger partial charge in [0.25, 0.3) is 0 Å². The molecule has 36 valence electrons. The largest absolute Gasteiger partial charge is 0.0807 e. The van der Waals surface area contributed by atoms with Gasteiger partial charge in [0.05, 0.1) is 1.37 Å². The van der Waals surface area contributed by atoms with Gasteiger partial charge in [0.2, 0.25) is 0 Å². The summed E-state index contributed by atoms with van der Waals surface area (Å²) in [6.45, 7) is 0. The molecule has 0 fully saturated rings. The minimum Gasteiger partial charge on any atom is -0.0807 e. The Hall–Kier alpha value is -0.780. The molecule has 0 aromatic heterocycles. The number of hydrogen-bond acceptors (Lipinski definition) is 0. The molecule has 0 amide bonds. The van der Waals surface area contributed by atoms with Crippen LogP contribution in [0.3, 0.4) is 0 Å². The summed E-state index contributed by atoms with van der Waals surface area (Å²) in [5, 5.41) is 0. The summed E-state index contributed by atoms with van der Waals surface area (Å²) in [4.78, 5) is 0. The van der Waals surface area contributed by atoms with Gasteiger partial charge in [0.1, 0.15) is 0 Å². The SMILES string of the molecule is [2H]C1=CC=CC=CC1. The molecule has 7 heavy (non-hydrogen) atoms. The fourth-order valence-corrected chi connectivity index (χ4v) is 0.470. The van der Waals surface area contributed by atoms with Crippen LogP contribution >= 0.6 is 0 Å². The lowest BCUT2D eigenvalue weighted by Gasteiger charge is -1.69. The van der Waals surface area contributed by atoms with Crippen molar-refractivity contribution in [3.63, 3.8) is 0 Å². The zero-order valence-electron chi connectivity index (χ0n) is 5.09. The van der Waals surface area contributed by atoms with Gasteiger partial charge >= 0.3 is 0 Å². The average Bonchev–Trinajstić information content (AvgIpc) is 1.94. The summed E-state index contributed by atoms with van der Waals surface area (Å²) < 4.78 is 7.17. The zero-order chi connectivity index (χ0) is 5.82. The highest BCUT2D eigenvalue weighted by Gasteiger charge is 1.70. The number of allylic oxidation sites excluding steroid dienone is 6. The van der Waals surface area contributed by atoms with Crippen LogP contribution in [0, 0.1) is 0 Å². The van der Waals surface area contributed by atoms with E-state index in [0.717, 1.165) is 6.42 Å².